The number of carbonyl (C=O) groups is 1. The molecule has 0 spiro atoms. The third-order valence-corrected chi connectivity index (χ3v) is 3.31. The Balaban J connectivity index is 1.78. The van der Waals surface area contributed by atoms with Crippen LogP contribution in [0, 0.1) is 6.92 Å². The van der Waals surface area contributed by atoms with Crippen LogP contribution >= 0.6 is 0 Å². The molecule has 0 saturated carbocycles. The molecule has 0 radical (unpaired) electrons. The highest BCUT2D eigenvalue weighted by Gasteiger charge is 2.13. The van der Waals surface area contributed by atoms with Crippen LogP contribution < -0.4 is 5.32 Å². The number of nitrogens with zero attached hydrogens (tertiary/aromatic N) is 5. The molecule has 0 aliphatic rings. The second-order valence-corrected chi connectivity index (χ2v) is 5.35. The molecule has 24 heavy (non-hydrogen) atoms. The lowest BCUT2D eigenvalue weighted by Crippen LogP contribution is -2.21. The maximum absolute atomic E-state index is 11.9. The fraction of sp³-hybridized carbons (Fsp3) is 0.188. The molecular weight excluding hydrogens is 308 g/mol. The van der Waals surface area contributed by atoms with Crippen LogP contribution in [-0.4, -0.2) is 45.0 Å². The molecule has 3 aromatic heterocycles. The van der Waals surface area contributed by atoms with E-state index < -0.39 is 0 Å². The van der Waals surface area contributed by atoms with Gasteiger partial charge >= 0.3 is 6.01 Å². The van der Waals surface area contributed by atoms with Crippen LogP contribution in [0.4, 0.5) is 11.8 Å². The second kappa shape index (κ2) is 6.45. The van der Waals surface area contributed by atoms with E-state index in [0.29, 0.717) is 22.9 Å². The van der Waals surface area contributed by atoms with Crippen LogP contribution in [0.3, 0.4) is 0 Å². The summed E-state index contributed by atoms with van der Waals surface area (Å²) in [5.74, 6) is 0.859. The molecule has 0 atom stereocenters. The van der Waals surface area contributed by atoms with E-state index in [1.54, 1.807) is 32.4 Å². The average Bonchev–Trinajstić information content (AvgIpc) is 3.05. The average molecular weight is 324 g/mol. The molecule has 0 aliphatic heterocycles. The number of amides is 1. The van der Waals surface area contributed by atoms with Gasteiger partial charge in [-0.3, -0.25) is 15.1 Å². The van der Waals surface area contributed by atoms with E-state index in [0.717, 1.165) is 5.56 Å². The van der Waals surface area contributed by atoms with Crippen molar-refractivity contribution in [3.63, 3.8) is 0 Å². The molecule has 1 amide bonds. The highest BCUT2D eigenvalue weighted by Crippen LogP contribution is 2.19. The fourth-order valence-corrected chi connectivity index (χ4v) is 2.01. The number of hydrogen-bond donors (Lipinski definition) is 1. The third kappa shape index (κ3) is 3.22. The summed E-state index contributed by atoms with van der Waals surface area (Å²) < 4.78 is 5.17. The normalized spacial score (nSPS) is 10.5. The Labute approximate surface area is 138 Å². The van der Waals surface area contributed by atoms with Gasteiger partial charge in [-0.2, -0.15) is 4.98 Å². The van der Waals surface area contributed by atoms with Gasteiger partial charge in [0, 0.05) is 26.5 Å². The number of rotatable bonds is 4. The van der Waals surface area contributed by atoms with Crippen molar-refractivity contribution in [3.05, 3.63) is 47.8 Å². The molecule has 3 aromatic rings. The van der Waals surface area contributed by atoms with Crippen molar-refractivity contribution < 1.29 is 9.32 Å². The maximum Gasteiger partial charge on any atom is 0.327 e. The van der Waals surface area contributed by atoms with Gasteiger partial charge in [-0.1, -0.05) is 11.2 Å². The molecule has 0 aromatic carbocycles. The molecule has 8 nitrogen and oxygen atoms in total. The topological polar surface area (TPSA) is 97.0 Å². The van der Waals surface area contributed by atoms with Crippen LogP contribution in [0.1, 0.15) is 15.9 Å². The predicted molar refractivity (Wildman–Crippen MR) is 87.8 cm³/mol. The van der Waals surface area contributed by atoms with Crippen LogP contribution in [0.5, 0.6) is 0 Å². The van der Waals surface area contributed by atoms with Gasteiger partial charge in [0.25, 0.3) is 5.91 Å². The van der Waals surface area contributed by atoms with Gasteiger partial charge in [0.15, 0.2) is 0 Å². The molecule has 3 heterocycles. The minimum absolute atomic E-state index is 0.116. The standard InChI is InChI=1S/C16H16N6O2/c1-10-5-4-8-17-13(10)19-16-20-14(21-24-16)12-7-6-11(9-18-12)15(23)22(2)3/h4-9H,1-3H3,(H,17,19,20,21). The number of pyridine rings is 2. The number of carbonyl (C=O) groups excluding carboxylic acids is 1. The number of aromatic nitrogens is 4. The molecule has 0 saturated heterocycles. The zero-order valence-electron chi connectivity index (χ0n) is 13.5. The smallest absolute Gasteiger partial charge is 0.327 e. The minimum atomic E-state index is -0.116. The van der Waals surface area contributed by atoms with Crippen molar-refractivity contribution in [2.45, 2.75) is 6.92 Å². The van der Waals surface area contributed by atoms with Crippen molar-refractivity contribution in [3.8, 4) is 11.5 Å². The first-order valence-electron chi connectivity index (χ1n) is 7.25. The van der Waals surface area contributed by atoms with E-state index in [1.807, 2.05) is 19.1 Å². The first-order valence-corrected chi connectivity index (χ1v) is 7.25. The Morgan fingerprint density at radius 1 is 1.21 bits per heavy atom. The Hall–Kier alpha value is -3.29. The highest BCUT2D eigenvalue weighted by molar-refractivity contribution is 5.93. The lowest BCUT2D eigenvalue weighted by Gasteiger charge is -2.09. The van der Waals surface area contributed by atoms with Gasteiger partial charge in [0.05, 0.1) is 5.56 Å². The Bertz CT molecular complexity index is 857. The monoisotopic (exact) mass is 324 g/mol. The molecule has 1 N–H and O–H groups in total. The Morgan fingerprint density at radius 2 is 2.04 bits per heavy atom. The summed E-state index contributed by atoms with van der Waals surface area (Å²) in [6, 6.07) is 7.35. The summed E-state index contributed by atoms with van der Waals surface area (Å²) in [4.78, 5) is 26.0. The van der Waals surface area contributed by atoms with Crippen LogP contribution in [0.15, 0.2) is 41.2 Å². The number of nitrogens with one attached hydrogen (secondary N) is 1. The molecule has 0 unspecified atom stereocenters. The predicted octanol–water partition coefficient (Wildman–Crippen LogP) is 2.28. The maximum atomic E-state index is 11.9. The zero-order valence-corrected chi connectivity index (χ0v) is 13.5. The van der Waals surface area contributed by atoms with Gasteiger partial charge in [0.1, 0.15) is 11.5 Å². The summed E-state index contributed by atoms with van der Waals surface area (Å²) in [5, 5.41) is 6.85. The SMILES string of the molecule is Cc1cccnc1Nc1nc(-c2ccc(C(=O)N(C)C)cn2)no1. The van der Waals surface area contributed by atoms with E-state index in [9.17, 15) is 4.79 Å². The van der Waals surface area contributed by atoms with Crippen LogP contribution in [0.25, 0.3) is 11.5 Å². The quantitative estimate of drug-likeness (QED) is 0.786. The lowest BCUT2D eigenvalue weighted by molar-refractivity contribution is 0.0827. The lowest BCUT2D eigenvalue weighted by atomic mass is 10.2. The van der Waals surface area contributed by atoms with Gasteiger partial charge in [-0.25, -0.2) is 4.98 Å². The first-order chi connectivity index (χ1) is 11.5. The van der Waals surface area contributed by atoms with Crippen LogP contribution in [-0.2, 0) is 0 Å². The summed E-state index contributed by atoms with van der Waals surface area (Å²) in [6.07, 6.45) is 3.17. The Kier molecular flexibility index (Phi) is 4.19. The minimum Gasteiger partial charge on any atom is -0.345 e. The number of hydrogen-bond acceptors (Lipinski definition) is 7. The van der Waals surface area contributed by atoms with Crippen molar-refractivity contribution in [2.75, 3.05) is 19.4 Å². The fourth-order valence-electron chi connectivity index (χ4n) is 2.01. The van der Waals surface area contributed by atoms with Crippen molar-refractivity contribution in [1.29, 1.82) is 0 Å². The van der Waals surface area contributed by atoms with E-state index in [1.165, 1.54) is 11.1 Å². The van der Waals surface area contributed by atoms with E-state index in [-0.39, 0.29) is 11.9 Å². The van der Waals surface area contributed by atoms with E-state index in [4.69, 9.17) is 4.52 Å². The summed E-state index contributed by atoms with van der Waals surface area (Å²) in [7, 11) is 3.37. The largest absolute Gasteiger partial charge is 0.345 e. The molecule has 0 bridgehead atoms. The molecule has 0 fully saturated rings. The molecule has 0 aliphatic carbocycles. The van der Waals surface area contributed by atoms with Crippen molar-refractivity contribution in [2.24, 2.45) is 0 Å². The number of aryl methyl sites for hydroxylation is 1. The summed E-state index contributed by atoms with van der Waals surface area (Å²) >= 11 is 0. The van der Waals surface area contributed by atoms with E-state index >= 15 is 0 Å². The van der Waals surface area contributed by atoms with Gasteiger partial charge in [0.2, 0.25) is 5.82 Å². The third-order valence-electron chi connectivity index (χ3n) is 3.31. The first kappa shape index (κ1) is 15.6. The van der Waals surface area contributed by atoms with Gasteiger partial charge in [-0.05, 0) is 30.7 Å². The zero-order chi connectivity index (χ0) is 17.1. The summed E-state index contributed by atoms with van der Waals surface area (Å²) in [6.45, 7) is 1.93. The molecule has 122 valence electrons. The number of anilines is 2. The van der Waals surface area contributed by atoms with E-state index in [2.05, 4.69) is 25.4 Å². The van der Waals surface area contributed by atoms with Gasteiger partial charge < -0.3 is 9.42 Å². The van der Waals surface area contributed by atoms with Crippen LogP contribution in [0.2, 0.25) is 0 Å². The molecule has 8 heteroatoms. The molecule has 3 rings (SSSR count). The van der Waals surface area contributed by atoms with Gasteiger partial charge in [-0.15, -0.1) is 0 Å². The summed E-state index contributed by atoms with van der Waals surface area (Å²) in [5.41, 5.74) is 1.97. The Morgan fingerprint density at radius 3 is 2.71 bits per heavy atom. The van der Waals surface area contributed by atoms with Crippen molar-refractivity contribution >= 4 is 17.7 Å². The highest BCUT2D eigenvalue weighted by atomic mass is 16.5. The van der Waals surface area contributed by atoms with Crippen molar-refractivity contribution in [1.82, 2.24) is 25.0 Å². The second-order valence-electron chi connectivity index (χ2n) is 5.35. The molecular formula is C16H16N6O2.